The minimum absolute atomic E-state index is 0.0601. The highest BCUT2D eigenvalue weighted by Gasteiger charge is 2.03. The first kappa shape index (κ1) is 6.86. The summed E-state index contributed by atoms with van der Waals surface area (Å²) in [7, 11) is 0. The van der Waals surface area contributed by atoms with Crippen LogP contribution in [-0.4, -0.2) is 4.98 Å². The molecule has 12 heavy (non-hydrogen) atoms. The topological polar surface area (TPSA) is 20.1 Å². The van der Waals surface area contributed by atoms with Crippen LogP contribution in [0.5, 0.6) is 0 Å². The van der Waals surface area contributed by atoms with Crippen LogP contribution >= 0.6 is 0 Å². The fourth-order valence-electron chi connectivity index (χ4n) is 1.15. The van der Waals surface area contributed by atoms with Crippen molar-refractivity contribution in [1.29, 1.82) is 0 Å². The predicted octanol–water partition coefficient (Wildman–Crippen LogP) is 2.86. The maximum atomic E-state index is 13.0. The van der Waals surface area contributed by atoms with Gasteiger partial charge in [-0.1, -0.05) is 0 Å². The molecule has 1 heterocycles. The van der Waals surface area contributed by atoms with Crippen LogP contribution in [0.2, 0.25) is 0 Å². The molecule has 0 radical (unpaired) electrons. The number of benzene rings is 1. The number of fused-ring (bicyclic) bond motifs is 1. The van der Waals surface area contributed by atoms with Gasteiger partial charge in [0.15, 0.2) is 0 Å². The van der Waals surface area contributed by atoms with Crippen molar-refractivity contribution < 1.29 is 4.39 Å². The Balaban J connectivity index is 2.84. The number of rotatable bonds is 0. The number of H-pyrrole nitrogens is 1. The van der Waals surface area contributed by atoms with Crippen LogP contribution < -0.4 is 0 Å². The summed E-state index contributed by atoms with van der Waals surface area (Å²) < 4.78 is 13.0. The number of nitrogens with zero attached hydrogens (tertiary/aromatic N) is 1. The number of aromatic nitrogens is 1. The van der Waals surface area contributed by atoms with Gasteiger partial charge in [-0.25, -0.2) is 9.24 Å². The Kier molecular flexibility index (Phi) is 1.34. The maximum absolute atomic E-state index is 13.0. The smallest absolute Gasteiger partial charge is 0.224 e. The maximum Gasteiger partial charge on any atom is 0.224 e. The third-order valence-corrected chi connectivity index (χ3v) is 1.74. The Bertz CT molecular complexity index is 465. The molecule has 2 nitrogen and oxygen atoms in total. The number of hydrogen-bond acceptors (Lipinski definition) is 0. The molecule has 2 aromatic rings. The Morgan fingerprint density at radius 3 is 3.00 bits per heavy atom. The lowest BCUT2D eigenvalue weighted by Crippen LogP contribution is -1.74. The summed E-state index contributed by atoms with van der Waals surface area (Å²) in [5, 5.41) is 0.792. The second-order valence-electron chi connectivity index (χ2n) is 2.48. The van der Waals surface area contributed by atoms with Crippen molar-refractivity contribution in [3.05, 3.63) is 41.6 Å². The van der Waals surface area contributed by atoms with Crippen molar-refractivity contribution in [1.82, 2.24) is 4.98 Å². The van der Waals surface area contributed by atoms with E-state index in [0.717, 1.165) is 10.9 Å². The van der Waals surface area contributed by atoms with Crippen molar-refractivity contribution in [2.45, 2.75) is 0 Å². The first-order valence-electron chi connectivity index (χ1n) is 3.45. The number of aromatic amines is 1. The molecule has 0 aliphatic rings. The van der Waals surface area contributed by atoms with E-state index in [9.17, 15) is 4.39 Å². The van der Waals surface area contributed by atoms with E-state index in [-0.39, 0.29) is 5.69 Å². The molecule has 1 N–H and O–H groups in total. The highest BCUT2D eigenvalue weighted by atomic mass is 19.1. The minimum Gasteiger partial charge on any atom is -0.362 e. The third-order valence-electron chi connectivity index (χ3n) is 1.74. The van der Waals surface area contributed by atoms with Gasteiger partial charge in [0, 0.05) is 11.7 Å². The third kappa shape index (κ3) is 0.857. The van der Waals surface area contributed by atoms with Crippen LogP contribution in [-0.2, 0) is 0 Å². The molecule has 0 atom stereocenters. The van der Waals surface area contributed by atoms with Gasteiger partial charge in [0.05, 0.1) is 6.57 Å². The first-order valence-corrected chi connectivity index (χ1v) is 3.45. The summed E-state index contributed by atoms with van der Waals surface area (Å²) in [6.07, 6.45) is 1.72. The largest absolute Gasteiger partial charge is 0.362 e. The average molecular weight is 160 g/mol. The van der Waals surface area contributed by atoms with Gasteiger partial charge in [0.1, 0.15) is 5.82 Å². The minimum atomic E-state index is -0.461. The molecule has 0 aliphatic carbocycles. The van der Waals surface area contributed by atoms with E-state index in [1.54, 1.807) is 12.3 Å². The van der Waals surface area contributed by atoms with E-state index in [1.165, 1.54) is 12.1 Å². The predicted molar refractivity (Wildman–Crippen MR) is 44.5 cm³/mol. The molecule has 0 saturated carbocycles. The van der Waals surface area contributed by atoms with Crippen molar-refractivity contribution >= 4 is 16.6 Å². The monoisotopic (exact) mass is 160 g/mol. The molecular formula is C9H5FN2. The lowest BCUT2D eigenvalue weighted by molar-refractivity contribution is 0.635. The van der Waals surface area contributed by atoms with Gasteiger partial charge in [0.25, 0.3) is 0 Å². The van der Waals surface area contributed by atoms with Gasteiger partial charge in [-0.05, 0) is 23.6 Å². The van der Waals surface area contributed by atoms with Crippen LogP contribution in [0.1, 0.15) is 0 Å². The van der Waals surface area contributed by atoms with Gasteiger partial charge in [-0.3, -0.25) is 0 Å². The molecule has 0 fully saturated rings. The summed E-state index contributed by atoms with van der Waals surface area (Å²) in [6, 6.07) is 4.64. The van der Waals surface area contributed by atoms with E-state index < -0.39 is 5.82 Å². The summed E-state index contributed by atoms with van der Waals surface area (Å²) in [5.41, 5.74) is 0.854. The SMILES string of the molecule is [C-]#[N+]c1cc2[nH]ccc2cc1F. The van der Waals surface area contributed by atoms with Crippen LogP contribution in [0.25, 0.3) is 15.7 Å². The van der Waals surface area contributed by atoms with Gasteiger partial charge >= 0.3 is 0 Å². The van der Waals surface area contributed by atoms with Gasteiger partial charge in [-0.2, -0.15) is 0 Å². The van der Waals surface area contributed by atoms with E-state index >= 15 is 0 Å². The molecule has 0 saturated heterocycles. The van der Waals surface area contributed by atoms with Crippen molar-refractivity contribution in [2.75, 3.05) is 0 Å². The normalized spacial score (nSPS) is 10.0. The van der Waals surface area contributed by atoms with Crippen LogP contribution in [0.4, 0.5) is 10.1 Å². The lowest BCUT2D eigenvalue weighted by atomic mass is 10.2. The van der Waals surface area contributed by atoms with E-state index in [2.05, 4.69) is 9.83 Å². The van der Waals surface area contributed by atoms with E-state index in [0.29, 0.717) is 0 Å². The van der Waals surface area contributed by atoms with Crippen LogP contribution in [0.3, 0.4) is 0 Å². The van der Waals surface area contributed by atoms with Gasteiger partial charge in [0.2, 0.25) is 5.69 Å². The van der Waals surface area contributed by atoms with Crippen LogP contribution in [0.15, 0.2) is 24.4 Å². The Labute approximate surface area is 68.5 Å². The Morgan fingerprint density at radius 2 is 2.25 bits per heavy atom. The molecule has 1 aromatic heterocycles. The lowest BCUT2D eigenvalue weighted by Gasteiger charge is -1.93. The molecule has 58 valence electrons. The summed E-state index contributed by atoms with van der Waals surface area (Å²) >= 11 is 0. The molecule has 0 spiro atoms. The zero-order chi connectivity index (χ0) is 8.55. The molecule has 3 heteroatoms. The van der Waals surface area contributed by atoms with Crippen molar-refractivity contribution in [3.63, 3.8) is 0 Å². The Morgan fingerprint density at radius 1 is 1.42 bits per heavy atom. The highest BCUT2D eigenvalue weighted by molar-refractivity contribution is 5.83. The number of nitrogens with one attached hydrogen (secondary N) is 1. The zero-order valence-electron chi connectivity index (χ0n) is 6.13. The molecule has 0 amide bonds. The van der Waals surface area contributed by atoms with Gasteiger partial charge in [-0.15, -0.1) is 0 Å². The fraction of sp³-hybridized carbons (Fsp3) is 0. The molecule has 0 bridgehead atoms. The van der Waals surface area contributed by atoms with Crippen LogP contribution in [0, 0.1) is 12.4 Å². The fourth-order valence-corrected chi connectivity index (χ4v) is 1.15. The highest BCUT2D eigenvalue weighted by Crippen LogP contribution is 2.23. The summed E-state index contributed by atoms with van der Waals surface area (Å²) in [6.45, 7) is 6.68. The van der Waals surface area contributed by atoms with Crippen molar-refractivity contribution in [3.8, 4) is 0 Å². The average Bonchev–Trinajstić information content (AvgIpc) is 2.49. The summed E-state index contributed by atoms with van der Waals surface area (Å²) in [5.74, 6) is -0.461. The summed E-state index contributed by atoms with van der Waals surface area (Å²) in [4.78, 5) is 5.97. The quantitative estimate of drug-likeness (QED) is 0.572. The van der Waals surface area contributed by atoms with Gasteiger partial charge < -0.3 is 4.98 Å². The molecule has 0 aliphatic heterocycles. The Hall–Kier alpha value is -1.82. The molecule has 1 aromatic carbocycles. The standard InChI is InChI=1S/C9H5FN2/c1-11-9-5-8-6(2-3-12-8)4-7(9)10/h2-5,12H. The first-order chi connectivity index (χ1) is 5.81. The molecule has 0 unspecified atom stereocenters. The number of halogens is 1. The van der Waals surface area contributed by atoms with E-state index in [1.807, 2.05) is 0 Å². The van der Waals surface area contributed by atoms with E-state index in [4.69, 9.17) is 6.57 Å². The number of hydrogen-bond donors (Lipinski definition) is 1. The molecule has 2 rings (SSSR count). The molecular weight excluding hydrogens is 155 g/mol. The second-order valence-corrected chi connectivity index (χ2v) is 2.48. The zero-order valence-corrected chi connectivity index (χ0v) is 6.13. The second kappa shape index (κ2) is 2.35. The van der Waals surface area contributed by atoms with Crippen molar-refractivity contribution in [2.24, 2.45) is 0 Å².